The third-order valence-electron chi connectivity index (χ3n) is 3.76. The summed E-state index contributed by atoms with van der Waals surface area (Å²) in [6, 6.07) is 17.0. The van der Waals surface area contributed by atoms with Gasteiger partial charge in [-0.25, -0.2) is 0 Å². The van der Waals surface area contributed by atoms with Crippen molar-refractivity contribution in [3.05, 3.63) is 59.7 Å². The first kappa shape index (κ1) is 16.4. The molecule has 118 valence electrons. The number of ether oxygens (including phenoxy) is 1. The number of benzene rings is 2. The van der Waals surface area contributed by atoms with Crippen molar-refractivity contribution >= 4 is 5.69 Å². The second-order valence-electron chi connectivity index (χ2n) is 5.98. The molecule has 22 heavy (non-hydrogen) atoms. The maximum Gasteiger partial charge on any atom is 0.119 e. The Morgan fingerprint density at radius 1 is 0.955 bits per heavy atom. The molecule has 0 fully saturated rings. The summed E-state index contributed by atoms with van der Waals surface area (Å²) in [5.41, 5.74) is 3.79. The van der Waals surface area contributed by atoms with Crippen LogP contribution in [0.5, 0.6) is 5.75 Å². The maximum absolute atomic E-state index is 5.68. The Kier molecular flexibility index (Phi) is 6.32. The van der Waals surface area contributed by atoms with E-state index < -0.39 is 0 Å². The molecule has 1 N–H and O–H groups in total. The zero-order chi connectivity index (χ0) is 15.8. The van der Waals surface area contributed by atoms with Crippen LogP contribution in [0, 0.1) is 0 Å². The number of nitrogens with one attached hydrogen (secondary N) is 1. The quantitative estimate of drug-likeness (QED) is 0.640. The normalized spacial score (nSPS) is 10.7. The minimum atomic E-state index is 0.578. The SMILES string of the molecule is CCCCOc1ccc(CNc2ccc(C(C)C)cc2)cc1. The molecule has 0 bridgehead atoms. The van der Waals surface area contributed by atoms with Crippen molar-refractivity contribution in [3.63, 3.8) is 0 Å². The number of unbranched alkanes of at least 4 members (excludes halogenated alkanes) is 1. The molecule has 0 unspecified atom stereocenters. The van der Waals surface area contributed by atoms with Crippen LogP contribution in [0.15, 0.2) is 48.5 Å². The van der Waals surface area contributed by atoms with Crippen LogP contribution in [0.2, 0.25) is 0 Å². The van der Waals surface area contributed by atoms with Crippen LogP contribution in [0.1, 0.15) is 50.7 Å². The fourth-order valence-electron chi connectivity index (χ4n) is 2.23. The van der Waals surface area contributed by atoms with E-state index in [9.17, 15) is 0 Å². The molecule has 0 aliphatic heterocycles. The predicted molar refractivity (Wildman–Crippen MR) is 94.7 cm³/mol. The van der Waals surface area contributed by atoms with Gasteiger partial charge in [0.2, 0.25) is 0 Å². The van der Waals surface area contributed by atoms with Gasteiger partial charge >= 0.3 is 0 Å². The smallest absolute Gasteiger partial charge is 0.119 e. The van der Waals surface area contributed by atoms with Gasteiger partial charge in [0.15, 0.2) is 0 Å². The Balaban J connectivity index is 1.83. The van der Waals surface area contributed by atoms with Crippen molar-refractivity contribution in [2.45, 2.75) is 46.1 Å². The molecule has 2 aromatic carbocycles. The number of anilines is 1. The van der Waals surface area contributed by atoms with Crippen molar-refractivity contribution in [2.24, 2.45) is 0 Å². The fourth-order valence-corrected chi connectivity index (χ4v) is 2.23. The summed E-state index contributed by atoms with van der Waals surface area (Å²) in [4.78, 5) is 0. The molecule has 0 atom stereocenters. The lowest BCUT2D eigenvalue weighted by atomic mass is 10.0. The van der Waals surface area contributed by atoms with Crippen molar-refractivity contribution in [3.8, 4) is 5.75 Å². The molecule has 0 aliphatic rings. The van der Waals surface area contributed by atoms with Crippen molar-refractivity contribution in [2.75, 3.05) is 11.9 Å². The second kappa shape index (κ2) is 8.47. The van der Waals surface area contributed by atoms with Crippen LogP contribution in [0.25, 0.3) is 0 Å². The van der Waals surface area contributed by atoms with Gasteiger partial charge in [-0.2, -0.15) is 0 Å². The van der Waals surface area contributed by atoms with Gasteiger partial charge in [-0.3, -0.25) is 0 Å². The average Bonchev–Trinajstić information content (AvgIpc) is 2.55. The maximum atomic E-state index is 5.68. The highest BCUT2D eigenvalue weighted by molar-refractivity contribution is 5.45. The lowest BCUT2D eigenvalue weighted by Crippen LogP contribution is -2.00. The van der Waals surface area contributed by atoms with Crippen LogP contribution < -0.4 is 10.1 Å². The van der Waals surface area contributed by atoms with E-state index in [1.807, 2.05) is 0 Å². The minimum absolute atomic E-state index is 0.578. The molecule has 0 aliphatic carbocycles. The molecule has 0 saturated heterocycles. The third kappa shape index (κ3) is 5.10. The standard InChI is InChI=1S/C20H27NO/c1-4-5-14-22-20-12-6-17(7-13-20)15-21-19-10-8-18(9-11-19)16(2)3/h6-13,16,21H,4-5,14-15H2,1-3H3. The van der Waals surface area contributed by atoms with Crippen molar-refractivity contribution in [1.82, 2.24) is 0 Å². The Hall–Kier alpha value is -1.96. The van der Waals surface area contributed by atoms with Gasteiger partial charge in [0, 0.05) is 12.2 Å². The van der Waals surface area contributed by atoms with Crippen LogP contribution in [-0.4, -0.2) is 6.61 Å². The van der Waals surface area contributed by atoms with Crippen LogP contribution in [-0.2, 0) is 6.54 Å². The molecule has 2 nitrogen and oxygen atoms in total. The van der Waals surface area contributed by atoms with Gasteiger partial charge in [-0.05, 0) is 47.7 Å². The van der Waals surface area contributed by atoms with Gasteiger partial charge < -0.3 is 10.1 Å². The molecule has 2 heteroatoms. The summed E-state index contributed by atoms with van der Waals surface area (Å²) in [5.74, 6) is 1.53. The molecule has 0 radical (unpaired) electrons. The summed E-state index contributed by atoms with van der Waals surface area (Å²) in [6.45, 7) is 8.23. The zero-order valence-electron chi connectivity index (χ0n) is 13.9. The van der Waals surface area contributed by atoms with Gasteiger partial charge in [0.25, 0.3) is 0 Å². The third-order valence-corrected chi connectivity index (χ3v) is 3.76. The summed E-state index contributed by atoms with van der Waals surface area (Å²) in [6.07, 6.45) is 2.27. The molecular formula is C20H27NO. The van der Waals surface area contributed by atoms with E-state index in [0.29, 0.717) is 5.92 Å². The first-order valence-electron chi connectivity index (χ1n) is 8.24. The van der Waals surface area contributed by atoms with E-state index in [-0.39, 0.29) is 0 Å². The molecule has 2 aromatic rings. The second-order valence-corrected chi connectivity index (χ2v) is 5.98. The van der Waals surface area contributed by atoms with E-state index in [2.05, 4.69) is 74.6 Å². The summed E-state index contributed by atoms with van der Waals surface area (Å²) in [5, 5.41) is 3.46. The zero-order valence-corrected chi connectivity index (χ0v) is 13.9. The first-order chi connectivity index (χ1) is 10.7. The number of hydrogen-bond donors (Lipinski definition) is 1. The molecule has 0 amide bonds. The summed E-state index contributed by atoms with van der Waals surface area (Å²) < 4.78 is 5.68. The Labute approximate surface area is 134 Å². The van der Waals surface area contributed by atoms with Gasteiger partial charge in [0.05, 0.1) is 6.61 Å². The summed E-state index contributed by atoms with van der Waals surface area (Å²) >= 11 is 0. The molecule has 2 rings (SSSR count). The lowest BCUT2D eigenvalue weighted by molar-refractivity contribution is 0.309. The van der Waals surface area contributed by atoms with Crippen molar-refractivity contribution < 1.29 is 4.74 Å². The topological polar surface area (TPSA) is 21.3 Å². The predicted octanol–water partition coefficient (Wildman–Crippen LogP) is 5.60. The number of hydrogen-bond acceptors (Lipinski definition) is 2. The van der Waals surface area contributed by atoms with Crippen LogP contribution in [0.3, 0.4) is 0 Å². The lowest BCUT2D eigenvalue weighted by Gasteiger charge is -2.10. The fraction of sp³-hybridized carbons (Fsp3) is 0.400. The highest BCUT2D eigenvalue weighted by Crippen LogP contribution is 2.18. The van der Waals surface area contributed by atoms with E-state index in [1.54, 1.807) is 0 Å². The van der Waals surface area contributed by atoms with E-state index in [1.165, 1.54) is 11.1 Å². The van der Waals surface area contributed by atoms with E-state index in [4.69, 9.17) is 4.74 Å². The molecule has 0 heterocycles. The molecule has 0 spiro atoms. The first-order valence-corrected chi connectivity index (χ1v) is 8.24. The summed E-state index contributed by atoms with van der Waals surface area (Å²) in [7, 11) is 0. The Morgan fingerprint density at radius 3 is 2.23 bits per heavy atom. The van der Waals surface area contributed by atoms with Crippen molar-refractivity contribution in [1.29, 1.82) is 0 Å². The molecule has 0 aromatic heterocycles. The Morgan fingerprint density at radius 2 is 1.64 bits per heavy atom. The average molecular weight is 297 g/mol. The number of rotatable bonds is 8. The largest absolute Gasteiger partial charge is 0.494 e. The van der Waals surface area contributed by atoms with Crippen LogP contribution in [0.4, 0.5) is 5.69 Å². The highest BCUT2D eigenvalue weighted by atomic mass is 16.5. The van der Waals surface area contributed by atoms with Gasteiger partial charge in [-0.1, -0.05) is 51.5 Å². The Bertz CT molecular complexity index is 543. The monoisotopic (exact) mass is 297 g/mol. The van der Waals surface area contributed by atoms with Gasteiger partial charge in [-0.15, -0.1) is 0 Å². The van der Waals surface area contributed by atoms with E-state index in [0.717, 1.165) is 37.4 Å². The minimum Gasteiger partial charge on any atom is -0.494 e. The molecule has 0 saturated carbocycles. The van der Waals surface area contributed by atoms with Gasteiger partial charge in [0.1, 0.15) is 5.75 Å². The van der Waals surface area contributed by atoms with Crippen LogP contribution >= 0.6 is 0 Å². The highest BCUT2D eigenvalue weighted by Gasteiger charge is 2.00. The molecular weight excluding hydrogens is 270 g/mol. The van der Waals surface area contributed by atoms with E-state index >= 15 is 0 Å².